The van der Waals surface area contributed by atoms with Crippen molar-refractivity contribution in [3.05, 3.63) is 51.5 Å². The van der Waals surface area contributed by atoms with Gasteiger partial charge in [-0.1, -0.05) is 29.4 Å². The predicted octanol–water partition coefficient (Wildman–Crippen LogP) is 3.36. The summed E-state index contributed by atoms with van der Waals surface area (Å²) in [5, 5.41) is 9.72. The van der Waals surface area contributed by atoms with Gasteiger partial charge in [-0.05, 0) is 43.4 Å². The van der Waals surface area contributed by atoms with Crippen LogP contribution in [0.3, 0.4) is 0 Å². The van der Waals surface area contributed by atoms with E-state index in [0.717, 1.165) is 48.2 Å². The van der Waals surface area contributed by atoms with Crippen molar-refractivity contribution in [2.24, 2.45) is 5.92 Å². The maximum absolute atomic E-state index is 12.9. The average Bonchev–Trinajstić information content (AvgIpc) is 3.08. The molecule has 0 unspecified atom stereocenters. The highest BCUT2D eigenvalue weighted by Crippen LogP contribution is 2.25. The standard InChI is InChI=1S/C18H19ClN4O2S/c1-12-14(19)3-2-4-15(12)22-7-8-23-16(17(22)24)20-21-18(23)26-11-13-5-9-25-10-6-13/h2-4,7-8,13H,5-6,9-11H2,1H3. The summed E-state index contributed by atoms with van der Waals surface area (Å²) in [5.41, 5.74) is 1.73. The van der Waals surface area contributed by atoms with E-state index in [2.05, 4.69) is 10.2 Å². The molecule has 0 atom stereocenters. The summed E-state index contributed by atoms with van der Waals surface area (Å²) in [4.78, 5) is 12.9. The molecule has 1 aliphatic rings. The highest BCUT2D eigenvalue weighted by atomic mass is 35.5. The Hall–Kier alpha value is -1.83. The number of benzene rings is 1. The first-order valence-electron chi connectivity index (χ1n) is 8.57. The fraction of sp³-hybridized carbons (Fsp3) is 0.389. The van der Waals surface area contributed by atoms with Gasteiger partial charge in [0.05, 0.1) is 5.69 Å². The SMILES string of the molecule is Cc1c(Cl)cccc1-n1ccn2c(SCC3CCOCC3)nnc2c1=O. The van der Waals surface area contributed by atoms with Crippen molar-refractivity contribution in [1.29, 1.82) is 0 Å². The molecule has 8 heteroatoms. The Labute approximate surface area is 160 Å². The Bertz CT molecular complexity index is 995. The molecule has 0 bridgehead atoms. The highest BCUT2D eigenvalue weighted by molar-refractivity contribution is 7.99. The zero-order valence-corrected chi connectivity index (χ0v) is 16.0. The largest absolute Gasteiger partial charge is 0.381 e. The molecule has 0 N–H and O–H groups in total. The van der Waals surface area contributed by atoms with Crippen LogP contribution in [0.25, 0.3) is 11.3 Å². The molecule has 0 amide bonds. The number of ether oxygens (including phenoxy) is 1. The second kappa shape index (κ2) is 7.42. The minimum atomic E-state index is -0.205. The van der Waals surface area contributed by atoms with E-state index in [1.165, 1.54) is 0 Å². The number of hydrogen-bond donors (Lipinski definition) is 0. The molecule has 0 saturated carbocycles. The van der Waals surface area contributed by atoms with Gasteiger partial charge in [0.15, 0.2) is 5.16 Å². The molecule has 1 aromatic carbocycles. The third-order valence-electron chi connectivity index (χ3n) is 4.73. The topological polar surface area (TPSA) is 61.4 Å². The van der Waals surface area contributed by atoms with Crippen molar-refractivity contribution in [2.45, 2.75) is 24.9 Å². The fourth-order valence-electron chi connectivity index (χ4n) is 3.12. The Morgan fingerprint density at radius 3 is 2.88 bits per heavy atom. The second-order valence-electron chi connectivity index (χ2n) is 6.40. The van der Waals surface area contributed by atoms with E-state index in [4.69, 9.17) is 16.3 Å². The van der Waals surface area contributed by atoms with Gasteiger partial charge in [-0.15, -0.1) is 10.2 Å². The quantitative estimate of drug-likeness (QED) is 0.639. The molecule has 26 heavy (non-hydrogen) atoms. The Morgan fingerprint density at radius 2 is 2.08 bits per heavy atom. The van der Waals surface area contributed by atoms with Gasteiger partial charge < -0.3 is 4.74 Å². The molecule has 3 aromatic rings. The zero-order valence-electron chi connectivity index (χ0n) is 14.4. The molecular formula is C18H19ClN4O2S. The molecule has 136 valence electrons. The molecule has 6 nitrogen and oxygen atoms in total. The first-order chi connectivity index (χ1) is 12.6. The molecule has 4 rings (SSSR count). The molecule has 0 aliphatic carbocycles. The Morgan fingerprint density at radius 1 is 1.27 bits per heavy atom. The van der Waals surface area contributed by atoms with Crippen molar-refractivity contribution in [3.63, 3.8) is 0 Å². The summed E-state index contributed by atoms with van der Waals surface area (Å²) in [6.07, 6.45) is 5.73. The molecule has 3 heterocycles. The van der Waals surface area contributed by atoms with Gasteiger partial charge in [-0.3, -0.25) is 13.8 Å². The van der Waals surface area contributed by atoms with Crippen LogP contribution in [0.2, 0.25) is 5.02 Å². The molecule has 2 aromatic heterocycles. The maximum Gasteiger partial charge on any atom is 0.300 e. The summed E-state index contributed by atoms with van der Waals surface area (Å²) in [6, 6.07) is 5.52. The smallest absolute Gasteiger partial charge is 0.300 e. The Balaban J connectivity index is 1.65. The van der Waals surface area contributed by atoms with Gasteiger partial charge in [0.25, 0.3) is 0 Å². The summed E-state index contributed by atoms with van der Waals surface area (Å²) in [7, 11) is 0. The number of thioether (sulfide) groups is 1. The van der Waals surface area contributed by atoms with Crippen LogP contribution < -0.4 is 5.56 Å². The normalized spacial score (nSPS) is 15.6. The van der Waals surface area contributed by atoms with E-state index in [-0.39, 0.29) is 5.56 Å². The van der Waals surface area contributed by atoms with Crippen LogP contribution >= 0.6 is 23.4 Å². The molecule has 1 aliphatic heterocycles. The lowest BCUT2D eigenvalue weighted by molar-refractivity contribution is 0.0728. The zero-order chi connectivity index (χ0) is 18.1. The monoisotopic (exact) mass is 390 g/mol. The molecular weight excluding hydrogens is 372 g/mol. The van der Waals surface area contributed by atoms with Crippen molar-refractivity contribution in [1.82, 2.24) is 19.2 Å². The minimum Gasteiger partial charge on any atom is -0.381 e. The van der Waals surface area contributed by atoms with Crippen molar-refractivity contribution >= 4 is 29.0 Å². The van der Waals surface area contributed by atoms with Crippen LogP contribution in [0.15, 0.2) is 40.5 Å². The van der Waals surface area contributed by atoms with E-state index < -0.39 is 0 Å². The van der Waals surface area contributed by atoms with Crippen LogP contribution in [0.1, 0.15) is 18.4 Å². The van der Waals surface area contributed by atoms with Gasteiger partial charge in [0.1, 0.15) is 0 Å². The first-order valence-corrected chi connectivity index (χ1v) is 9.94. The van der Waals surface area contributed by atoms with Crippen LogP contribution in [0.5, 0.6) is 0 Å². The lowest BCUT2D eigenvalue weighted by Gasteiger charge is -2.20. The lowest BCUT2D eigenvalue weighted by Crippen LogP contribution is -2.21. The Kier molecular flexibility index (Phi) is 5.02. The average molecular weight is 391 g/mol. The maximum atomic E-state index is 12.9. The van der Waals surface area contributed by atoms with Crippen LogP contribution in [-0.2, 0) is 4.74 Å². The van der Waals surface area contributed by atoms with Crippen molar-refractivity contribution < 1.29 is 4.74 Å². The number of halogens is 1. The van der Waals surface area contributed by atoms with E-state index in [9.17, 15) is 4.79 Å². The van der Waals surface area contributed by atoms with Gasteiger partial charge in [-0.2, -0.15) is 0 Å². The summed E-state index contributed by atoms with van der Waals surface area (Å²) < 4.78 is 8.73. The fourth-order valence-corrected chi connectivity index (χ4v) is 4.39. The molecule has 1 saturated heterocycles. The van der Waals surface area contributed by atoms with Crippen molar-refractivity contribution in [3.8, 4) is 5.69 Å². The molecule has 0 radical (unpaired) electrons. The third kappa shape index (κ3) is 3.26. The van der Waals surface area contributed by atoms with Crippen LogP contribution in [0.4, 0.5) is 0 Å². The summed E-state index contributed by atoms with van der Waals surface area (Å²) in [6.45, 7) is 3.55. The van der Waals surface area contributed by atoms with E-state index >= 15 is 0 Å². The van der Waals surface area contributed by atoms with Gasteiger partial charge in [0, 0.05) is 36.4 Å². The number of aromatic nitrogens is 4. The van der Waals surface area contributed by atoms with Gasteiger partial charge >= 0.3 is 5.56 Å². The number of fused-ring (bicyclic) bond motifs is 1. The second-order valence-corrected chi connectivity index (χ2v) is 7.79. The predicted molar refractivity (Wildman–Crippen MR) is 103 cm³/mol. The van der Waals surface area contributed by atoms with E-state index in [1.54, 1.807) is 26.9 Å². The van der Waals surface area contributed by atoms with E-state index in [1.807, 2.05) is 31.3 Å². The highest BCUT2D eigenvalue weighted by Gasteiger charge is 2.17. The van der Waals surface area contributed by atoms with Crippen LogP contribution in [-0.4, -0.2) is 38.1 Å². The molecule has 0 spiro atoms. The number of hydrogen-bond acceptors (Lipinski definition) is 5. The van der Waals surface area contributed by atoms with Gasteiger partial charge in [-0.25, -0.2) is 0 Å². The lowest BCUT2D eigenvalue weighted by atomic mass is 10.0. The minimum absolute atomic E-state index is 0.205. The summed E-state index contributed by atoms with van der Waals surface area (Å²) >= 11 is 7.84. The molecule has 1 fully saturated rings. The summed E-state index contributed by atoms with van der Waals surface area (Å²) in [5.74, 6) is 1.58. The van der Waals surface area contributed by atoms with Gasteiger partial charge in [0.2, 0.25) is 5.65 Å². The van der Waals surface area contributed by atoms with E-state index in [0.29, 0.717) is 16.6 Å². The third-order valence-corrected chi connectivity index (χ3v) is 6.31. The number of nitrogens with zero attached hydrogens (tertiary/aromatic N) is 4. The number of rotatable bonds is 4. The van der Waals surface area contributed by atoms with Crippen molar-refractivity contribution in [2.75, 3.05) is 19.0 Å². The van der Waals surface area contributed by atoms with Crippen LogP contribution in [0, 0.1) is 12.8 Å². The first kappa shape index (κ1) is 17.6.